The number of hydrazine groups is 1. The highest BCUT2D eigenvalue weighted by Gasteiger charge is 2.28. The molecule has 136 valence electrons. The SMILES string of the molecule is CC(C)S(=O)(=O)NCC(C)(F)c1ccc(-c2cccc(NN)c2)cc1. The number of halogens is 1. The molecule has 1 unspecified atom stereocenters. The summed E-state index contributed by atoms with van der Waals surface area (Å²) in [7, 11) is -3.51. The van der Waals surface area contributed by atoms with Crippen LogP contribution in [0.3, 0.4) is 0 Å². The van der Waals surface area contributed by atoms with Crippen molar-refractivity contribution >= 4 is 15.7 Å². The standard InChI is InChI=1S/C18H24FN3O2S/c1-13(2)25(23,24)21-12-18(3,19)16-9-7-14(8-10-16)15-5-4-6-17(11-15)22-20/h4-11,13,21-22H,12,20H2,1-3H3. The molecule has 25 heavy (non-hydrogen) atoms. The molecule has 0 saturated carbocycles. The summed E-state index contributed by atoms with van der Waals surface area (Å²) in [6.45, 7) is 4.16. The fourth-order valence-corrected chi connectivity index (χ4v) is 3.11. The number of benzene rings is 2. The molecule has 0 fully saturated rings. The summed E-state index contributed by atoms with van der Waals surface area (Å²) in [6, 6.07) is 14.5. The van der Waals surface area contributed by atoms with Crippen LogP contribution in [0.2, 0.25) is 0 Å². The van der Waals surface area contributed by atoms with Crippen molar-refractivity contribution in [3.8, 4) is 11.1 Å². The number of sulfonamides is 1. The molecule has 1 atom stereocenters. The number of hydrogen-bond acceptors (Lipinski definition) is 4. The van der Waals surface area contributed by atoms with E-state index in [1.165, 1.54) is 6.92 Å². The van der Waals surface area contributed by atoms with Crippen molar-refractivity contribution in [2.24, 2.45) is 5.84 Å². The fourth-order valence-electron chi connectivity index (χ4n) is 2.30. The fraction of sp³-hybridized carbons (Fsp3) is 0.333. The maximum absolute atomic E-state index is 14.9. The highest BCUT2D eigenvalue weighted by Crippen LogP contribution is 2.29. The number of anilines is 1. The van der Waals surface area contributed by atoms with Gasteiger partial charge in [0.15, 0.2) is 0 Å². The van der Waals surface area contributed by atoms with E-state index in [9.17, 15) is 12.8 Å². The normalized spacial score (nSPS) is 14.3. The first-order valence-corrected chi connectivity index (χ1v) is 9.55. The van der Waals surface area contributed by atoms with Gasteiger partial charge in [0, 0.05) is 12.2 Å². The lowest BCUT2D eigenvalue weighted by molar-refractivity contribution is 0.196. The first kappa shape index (κ1) is 19.4. The third-order valence-corrected chi connectivity index (χ3v) is 5.86. The van der Waals surface area contributed by atoms with Crippen LogP contribution in [-0.2, 0) is 15.7 Å². The predicted octanol–water partition coefficient (Wildman–Crippen LogP) is 3.15. The van der Waals surface area contributed by atoms with Gasteiger partial charge in [-0.25, -0.2) is 17.5 Å². The number of nitrogens with two attached hydrogens (primary N) is 1. The molecule has 2 rings (SSSR count). The van der Waals surface area contributed by atoms with Gasteiger partial charge in [0.05, 0.1) is 5.25 Å². The van der Waals surface area contributed by atoms with Crippen molar-refractivity contribution in [1.82, 2.24) is 4.72 Å². The van der Waals surface area contributed by atoms with Crippen molar-refractivity contribution in [3.05, 3.63) is 54.1 Å². The minimum atomic E-state index is -3.51. The van der Waals surface area contributed by atoms with Crippen LogP contribution in [0.25, 0.3) is 11.1 Å². The highest BCUT2D eigenvalue weighted by atomic mass is 32.2. The zero-order chi connectivity index (χ0) is 18.7. The van der Waals surface area contributed by atoms with Gasteiger partial charge >= 0.3 is 0 Å². The second-order valence-electron chi connectivity index (χ2n) is 6.41. The van der Waals surface area contributed by atoms with E-state index < -0.39 is 20.9 Å². The van der Waals surface area contributed by atoms with Gasteiger partial charge in [-0.05, 0) is 49.6 Å². The number of nitrogens with one attached hydrogen (secondary N) is 2. The molecule has 7 heteroatoms. The van der Waals surface area contributed by atoms with Crippen LogP contribution in [0.5, 0.6) is 0 Å². The first-order chi connectivity index (χ1) is 11.7. The van der Waals surface area contributed by atoms with Crippen molar-refractivity contribution in [3.63, 3.8) is 0 Å². The van der Waals surface area contributed by atoms with Gasteiger partial charge in [-0.3, -0.25) is 5.84 Å². The van der Waals surface area contributed by atoms with Crippen molar-refractivity contribution in [2.75, 3.05) is 12.0 Å². The lowest BCUT2D eigenvalue weighted by atomic mass is 9.95. The van der Waals surface area contributed by atoms with E-state index in [4.69, 9.17) is 5.84 Å². The third kappa shape index (κ3) is 4.78. The Morgan fingerprint density at radius 1 is 1.12 bits per heavy atom. The topological polar surface area (TPSA) is 84.2 Å². The van der Waals surface area contributed by atoms with E-state index >= 15 is 0 Å². The van der Waals surface area contributed by atoms with Gasteiger partial charge in [0.1, 0.15) is 5.67 Å². The summed E-state index contributed by atoms with van der Waals surface area (Å²) >= 11 is 0. The number of hydrogen-bond donors (Lipinski definition) is 3. The average Bonchev–Trinajstić information content (AvgIpc) is 2.60. The first-order valence-electron chi connectivity index (χ1n) is 8.01. The Bertz CT molecular complexity index is 818. The van der Waals surface area contributed by atoms with Crippen LogP contribution >= 0.6 is 0 Å². The zero-order valence-electron chi connectivity index (χ0n) is 14.6. The minimum absolute atomic E-state index is 0.306. The molecular formula is C18H24FN3O2S. The lowest BCUT2D eigenvalue weighted by Crippen LogP contribution is -2.39. The van der Waals surface area contributed by atoms with Gasteiger partial charge in [0.25, 0.3) is 0 Å². The van der Waals surface area contributed by atoms with Crippen LogP contribution in [0.1, 0.15) is 26.3 Å². The molecular weight excluding hydrogens is 341 g/mol. The number of rotatable bonds is 7. The van der Waals surface area contributed by atoms with Gasteiger partial charge in [-0.1, -0.05) is 36.4 Å². The molecule has 2 aromatic rings. The minimum Gasteiger partial charge on any atom is -0.324 e. The van der Waals surface area contributed by atoms with Crippen LogP contribution in [0, 0.1) is 0 Å². The van der Waals surface area contributed by atoms with Crippen LogP contribution < -0.4 is 16.0 Å². The molecule has 0 aromatic heterocycles. The Morgan fingerprint density at radius 3 is 2.32 bits per heavy atom. The van der Waals surface area contributed by atoms with Gasteiger partial charge < -0.3 is 5.43 Å². The second kappa shape index (κ2) is 7.51. The molecule has 2 aromatic carbocycles. The van der Waals surface area contributed by atoms with E-state index in [0.717, 1.165) is 16.8 Å². The Kier molecular flexibility index (Phi) is 5.82. The van der Waals surface area contributed by atoms with Crippen LogP contribution in [0.4, 0.5) is 10.1 Å². The quantitative estimate of drug-likeness (QED) is 0.520. The summed E-state index contributed by atoms with van der Waals surface area (Å²) in [5.74, 6) is 5.41. The molecule has 0 heterocycles. The highest BCUT2D eigenvalue weighted by molar-refractivity contribution is 7.90. The summed E-state index contributed by atoms with van der Waals surface area (Å²) in [4.78, 5) is 0. The van der Waals surface area contributed by atoms with Crippen molar-refractivity contribution in [1.29, 1.82) is 0 Å². The van der Waals surface area contributed by atoms with Gasteiger partial charge in [-0.15, -0.1) is 0 Å². The second-order valence-corrected chi connectivity index (χ2v) is 8.74. The Balaban J connectivity index is 2.17. The Morgan fingerprint density at radius 2 is 1.76 bits per heavy atom. The molecule has 0 spiro atoms. The molecule has 0 saturated heterocycles. The largest absolute Gasteiger partial charge is 0.324 e. The van der Waals surface area contributed by atoms with Crippen LogP contribution in [-0.4, -0.2) is 20.2 Å². The molecule has 0 aliphatic rings. The summed E-state index contributed by atoms with van der Waals surface area (Å²) in [5.41, 5.74) is 3.84. The van der Waals surface area contributed by atoms with E-state index in [-0.39, 0.29) is 6.54 Å². The van der Waals surface area contributed by atoms with Gasteiger partial charge in [-0.2, -0.15) is 0 Å². The average molecular weight is 365 g/mol. The molecule has 0 radical (unpaired) electrons. The van der Waals surface area contributed by atoms with E-state index in [1.807, 2.05) is 24.3 Å². The Hall–Kier alpha value is -1.96. The number of nitrogen functional groups attached to an aromatic ring is 1. The molecule has 0 aliphatic heterocycles. The maximum atomic E-state index is 14.9. The molecule has 0 aliphatic carbocycles. The zero-order valence-corrected chi connectivity index (χ0v) is 15.4. The summed E-state index contributed by atoms with van der Waals surface area (Å²) in [5, 5.41) is -0.603. The lowest BCUT2D eigenvalue weighted by Gasteiger charge is -2.22. The monoisotopic (exact) mass is 365 g/mol. The third-order valence-electron chi connectivity index (χ3n) is 4.08. The summed E-state index contributed by atoms with van der Waals surface area (Å²) in [6.07, 6.45) is 0. The number of alkyl halides is 1. The Labute approximate surface area is 148 Å². The summed E-state index contributed by atoms with van der Waals surface area (Å²) < 4.78 is 40.9. The molecule has 4 N–H and O–H groups in total. The van der Waals surface area contributed by atoms with Gasteiger partial charge in [0.2, 0.25) is 10.0 Å². The molecule has 0 bridgehead atoms. The smallest absolute Gasteiger partial charge is 0.214 e. The predicted molar refractivity (Wildman–Crippen MR) is 100 cm³/mol. The van der Waals surface area contributed by atoms with E-state index in [0.29, 0.717) is 5.56 Å². The maximum Gasteiger partial charge on any atom is 0.214 e. The van der Waals surface area contributed by atoms with Crippen molar-refractivity contribution in [2.45, 2.75) is 31.7 Å². The van der Waals surface area contributed by atoms with Crippen LogP contribution in [0.15, 0.2) is 48.5 Å². The molecule has 5 nitrogen and oxygen atoms in total. The van der Waals surface area contributed by atoms with E-state index in [1.54, 1.807) is 38.1 Å². The molecule has 0 amide bonds. The van der Waals surface area contributed by atoms with E-state index in [2.05, 4.69) is 10.1 Å². The van der Waals surface area contributed by atoms with Crippen molar-refractivity contribution < 1.29 is 12.8 Å².